The third-order valence-electron chi connectivity index (χ3n) is 1.80. The molecule has 0 amide bonds. The Hall–Kier alpha value is -0.590. The minimum Gasteiger partial charge on any atom is -0.331 e. The van der Waals surface area contributed by atoms with Crippen LogP contribution in [0.25, 0.3) is 0 Å². The second kappa shape index (κ2) is 5.13. The van der Waals surface area contributed by atoms with Gasteiger partial charge in [-0.25, -0.2) is 4.79 Å². The zero-order valence-corrected chi connectivity index (χ0v) is 8.68. The first kappa shape index (κ1) is 11.4. The third kappa shape index (κ3) is 7.52. The van der Waals surface area contributed by atoms with E-state index in [2.05, 4.69) is 21.1 Å². The van der Waals surface area contributed by atoms with E-state index in [-0.39, 0.29) is 0 Å². The van der Waals surface area contributed by atoms with Crippen molar-refractivity contribution in [2.45, 2.75) is 26.2 Å². The first-order valence-electron chi connectivity index (χ1n) is 4.47. The Bertz CT molecular complexity index is 173. The summed E-state index contributed by atoms with van der Waals surface area (Å²) in [6, 6.07) is 0. The lowest BCUT2D eigenvalue weighted by atomic mass is 10.1. The Morgan fingerprint density at radius 3 is 2.25 bits per heavy atom. The summed E-state index contributed by atoms with van der Waals surface area (Å²) in [6.07, 6.45) is 3.20. The maximum absolute atomic E-state index is 10.1. The number of unbranched alkanes of at least 4 members (excludes halogenated alkanes) is 1. The summed E-state index contributed by atoms with van der Waals surface area (Å²) >= 11 is 0. The molecule has 0 spiro atoms. The fourth-order valence-electron chi connectivity index (χ4n) is 1.03. The van der Waals surface area contributed by atoms with Gasteiger partial charge in [0.25, 0.3) is 0 Å². The van der Waals surface area contributed by atoms with Gasteiger partial charge in [-0.15, -0.1) is 0 Å². The van der Waals surface area contributed by atoms with Crippen molar-refractivity contribution in [1.82, 2.24) is 0 Å². The second-order valence-electron chi connectivity index (χ2n) is 4.35. The second-order valence-corrected chi connectivity index (χ2v) is 4.35. The third-order valence-corrected chi connectivity index (χ3v) is 1.80. The van der Waals surface area contributed by atoms with E-state index >= 15 is 0 Å². The topological polar surface area (TPSA) is 17.1 Å². The van der Waals surface area contributed by atoms with Crippen LogP contribution in [-0.2, 0) is 4.79 Å². The van der Waals surface area contributed by atoms with Crippen LogP contribution in [0.3, 0.4) is 0 Å². The zero-order valence-electron chi connectivity index (χ0n) is 8.68. The number of carbonyl (C=O) groups excluding carboxylic acids is 1. The molecular weight excluding hydrogens is 150 g/mol. The van der Waals surface area contributed by atoms with Gasteiger partial charge in [0.15, 0.2) is 0 Å². The van der Waals surface area contributed by atoms with Crippen LogP contribution >= 0.6 is 0 Å². The maximum atomic E-state index is 10.1. The molecule has 0 aromatic heterocycles. The molecule has 12 heavy (non-hydrogen) atoms. The normalized spacial score (nSPS) is 11.0. The highest BCUT2D eigenvalue weighted by Gasteiger charge is 2.05. The van der Waals surface area contributed by atoms with Crippen molar-refractivity contribution in [3.05, 3.63) is 5.57 Å². The molecule has 0 saturated carbocycles. The maximum Gasteiger partial charge on any atom is 0.123 e. The summed E-state index contributed by atoms with van der Waals surface area (Å²) in [5, 5.41) is 0. The van der Waals surface area contributed by atoms with Crippen LogP contribution in [0.2, 0.25) is 0 Å². The van der Waals surface area contributed by atoms with E-state index in [1.165, 1.54) is 13.0 Å². The average molecular weight is 170 g/mol. The van der Waals surface area contributed by atoms with E-state index in [9.17, 15) is 4.79 Å². The van der Waals surface area contributed by atoms with E-state index in [0.717, 1.165) is 22.9 Å². The molecule has 0 aliphatic heterocycles. The fraction of sp³-hybridized carbons (Fsp3) is 0.800. The predicted molar refractivity (Wildman–Crippen MR) is 51.6 cm³/mol. The quantitative estimate of drug-likeness (QED) is 0.348. The summed E-state index contributed by atoms with van der Waals surface area (Å²) in [5.41, 5.74) is 0.844. The first-order chi connectivity index (χ1) is 5.45. The highest BCUT2D eigenvalue weighted by Crippen LogP contribution is 2.05. The summed E-state index contributed by atoms with van der Waals surface area (Å²) in [5.74, 6) is 1.92. The molecule has 2 nitrogen and oxygen atoms in total. The molecule has 0 rings (SSSR count). The van der Waals surface area contributed by atoms with Crippen molar-refractivity contribution >= 4 is 5.94 Å². The van der Waals surface area contributed by atoms with Crippen LogP contribution in [-0.4, -0.2) is 38.1 Å². The van der Waals surface area contributed by atoms with Gasteiger partial charge < -0.3 is 4.48 Å². The van der Waals surface area contributed by atoms with Gasteiger partial charge in [0.05, 0.1) is 27.7 Å². The molecule has 2 heteroatoms. The first-order valence-corrected chi connectivity index (χ1v) is 4.47. The Balaban J connectivity index is 3.40. The van der Waals surface area contributed by atoms with Crippen molar-refractivity contribution < 1.29 is 9.28 Å². The molecule has 0 aliphatic carbocycles. The van der Waals surface area contributed by atoms with Crippen LogP contribution < -0.4 is 0 Å². The standard InChI is InChI=1S/C10H20NO/c1-10(9-12)7-5-6-8-11(2,3)4/h5-8H2,1-4H3/q+1. The van der Waals surface area contributed by atoms with Crippen LogP contribution in [0, 0.1) is 0 Å². The molecular formula is C10H20NO+. The van der Waals surface area contributed by atoms with E-state index in [1.54, 1.807) is 0 Å². The van der Waals surface area contributed by atoms with E-state index in [1.807, 2.05) is 12.9 Å². The zero-order chi connectivity index (χ0) is 9.61. The Morgan fingerprint density at radius 1 is 1.25 bits per heavy atom. The lowest BCUT2D eigenvalue weighted by Crippen LogP contribution is -2.35. The van der Waals surface area contributed by atoms with E-state index in [4.69, 9.17) is 0 Å². The minimum absolute atomic E-state index is 0.844. The Morgan fingerprint density at radius 2 is 1.83 bits per heavy atom. The number of allylic oxidation sites excluding steroid dienone is 1. The van der Waals surface area contributed by atoms with Crippen molar-refractivity contribution in [2.75, 3.05) is 27.7 Å². The van der Waals surface area contributed by atoms with Crippen LogP contribution in [0.4, 0.5) is 0 Å². The van der Waals surface area contributed by atoms with Crippen molar-refractivity contribution in [3.63, 3.8) is 0 Å². The number of quaternary nitrogens is 1. The molecule has 0 heterocycles. The van der Waals surface area contributed by atoms with Crippen molar-refractivity contribution in [1.29, 1.82) is 0 Å². The molecule has 0 aromatic rings. The van der Waals surface area contributed by atoms with Crippen LogP contribution in [0.1, 0.15) is 26.2 Å². The summed E-state index contributed by atoms with van der Waals surface area (Å²) < 4.78 is 1.00. The van der Waals surface area contributed by atoms with Gasteiger partial charge in [-0.3, -0.25) is 0 Å². The highest BCUT2D eigenvalue weighted by molar-refractivity contribution is 5.50. The molecule has 0 fully saturated rings. The van der Waals surface area contributed by atoms with Gasteiger partial charge in [-0.1, -0.05) is 0 Å². The van der Waals surface area contributed by atoms with Gasteiger partial charge in [-0.05, 0) is 26.2 Å². The van der Waals surface area contributed by atoms with Gasteiger partial charge in [0.2, 0.25) is 0 Å². The summed E-state index contributed by atoms with van der Waals surface area (Å²) in [4.78, 5) is 10.1. The smallest absolute Gasteiger partial charge is 0.123 e. The molecule has 0 aliphatic rings. The molecule has 0 radical (unpaired) electrons. The molecule has 0 saturated heterocycles. The Kier molecular flexibility index (Phi) is 4.87. The van der Waals surface area contributed by atoms with Crippen molar-refractivity contribution in [3.8, 4) is 0 Å². The van der Waals surface area contributed by atoms with Crippen molar-refractivity contribution in [2.24, 2.45) is 0 Å². The monoisotopic (exact) mass is 170 g/mol. The van der Waals surface area contributed by atoms with E-state index in [0.29, 0.717) is 0 Å². The van der Waals surface area contributed by atoms with E-state index < -0.39 is 0 Å². The minimum atomic E-state index is 0.844. The molecule has 0 N–H and O–H groups in total. The Labute approximate surface area is 75.5 Å². The number of hydrogen-bond acceptors (Lipinski definition) is 1. The predicted octanol–water partition coefficient (Wildman–Crippen LogP) is 1.64. The molecule has 0 bridgehead atoms. The highest BCUT2D eigenvalue weighted by atomic mass is 16.1. The lowest BCUT2D eigenvalue weighted by molar-refractivity contribution is -0.870. The number of nitrogens with zero attached hydrogens (tertiary/aromatic N) is 1. The number of rotatable bonds is 5. The van der Waals surface area contributed by atoms with Gasteiger partial charge in [0, 0.05) is 5.57 Å². The number of hydrogen-bond donors (Lipinski definition) is 0. The molecule has 0 aromatic carbocycles. The largest absolute Gasteiger partial charge is 0.331 e. The summed E-state index contributed by atoms with van der Waals surface area (Å²) in [7, 11) is 6.55. The molecule has 0 atom stereocenters. The van der Waals surface area contributed by atoms with Crippen LogP contribution in [0.5, 0.6) is 0 Å². The molecule has 70 valence electrons. The van der Waals surface area contributed by atoms with Gasteiger partial charge >= 0.3 is 0 Å². The lowest BCUT2D eigenvalue weighted by Gasteiger charge is -2.23. The van der Waals surface area contributed by atoms with Gasteiger partial charge in [-0.2, -0.15) is 0 Å². The average Bonchev–Trinajstić information content (AvgIpc) is 1.96. The van der Waals surface area contributed by atoms with Gasteiger partial charge in [0.1, 0.15) is 5.94 Å². The summed E-state index contributed by atoms with van der Waals surface area (Å²) in [6.45, 7) is 3.02. The van der Waals surface area contributed by atoms with Crippen LogP contribution in [0.15, 0.2) is 5.57 Å². The molecule has 0 unspecified atom stereocenters. The SMILES string of the molecule is CC(=C=O)CCCC[N+](C)(C)C. The fourth-order valence-corrected chi connectivity index (χ4v) is 1.03.